The normalized spacial score (nSPS) is 12.9. The van der Waals surface area contributed by atoms with Crippen LogP contribution in [0.5, 0.6) is 0 Å². The fourth-order valence-corrected chi connectivity index (χ4v) is 2.44. The fourth-order valence-electron chi connectivity index (χ4n) is 2.44. The number of anilines is 1. The molecule has 0 aliphatic rings. The molecule has 0 fully saturated rings. The average molecular weight is 333 g/mol. The van der Waals surface area contributed by atoms with E-state index < -0.39 is 11.5 Å². The largest absolute Gasteiger partial charge is 0.479 e. The monoisotopic (exact) mass is 333 g/mol. The number of aryl methyl sites for hydroxylation is 2. The number of nitrogens with zero attached hydrogens (tertiary/aromatic N) is 4. The zero-order valence-corrected chi connectivity index (χ0v) is 14.6. The van der Waals surface area contributed by atoms with Crippen molar-refractivity contribution < 1.29 is 14.7 Å². The Kier molecular flexibility index (Phi) is 4.77. The maximum absolute atomic E-state index is 12.2. The van der Waals surface area contributed by atoms with Crippen LogP contribution in [0.25, 0.3) is 0 Å². The number of rotatable bonds is 6. The summed E-state index contributed by atoms with van der Waals surface area (Å²) >= 11 is 0. The van der Waals surface area contributed by atoms with E-state index in [4.69, 9.17) is 0 Å². The Labute approximate surface area is 140 Å². The molecule has 1 amide bonds. The van der Waals surface area contributed by atoms with Crippen LogP contribution in [0.15, 0.2) is 18.3 Å². The maximum atomic E-state index is 12.2. The Morgan fingerprint density at radius 2 is 2.00 bits per heavy atom. The van der Waals surface area contributed by atoms with Gasteiger partial charge in [-0.3, -0.25) is 14.2 Å². The molecule has 130 valence electrons. The first kappa shape index (κ1) is 17.7. The maximum Gasteiger partial charge on any atom is 0.331 e. The standard InChI is InChI=1S/C16H23N5O3/c1-10-8-11(2)21(18-10)12(3)9-14(22)17-13-6-7-20(19-13)16(4,5)15(23)24/h6-8,12H,9H2,1-5H3,(H,23,24)(H,17,19,22). The number of carbonyl (C=O) groups is 2. The lowest BCUT2D eigenvalue weighted by atomic mass is 10.1. The highest BCUT2D eigenvalue weighted by Crippen LogP contribution is 2.18. The molecule has 0 aromatic carbocycles. The van der Waals surface area contributed by atoms with Gasteiger partial charge >= 0.3 is 5.97 Å². The minimum atomic E-state index is -1.18. The Bertz CT molecular complexity index is 760. The zero-order chi connectivity index (χ0) is 18.1. The second kappa shape index (κ2) is 6.46. The van der Waals surface area contributed by atoms with Crippen LogP contribution in [-0.4, -0.2) is 36.5 Å². The molecular weight excluding hydrogens is 310 g/mol. The third kappa shape index (κ3) is 3.64. The second-order valence-corrected chi connectivity index (χ2v) is 6.48. The molecule has 0 spiro atoms. The predicted octanol–water partition coefficient (Wildman–Crippen LogP) is 2.11. The Balaban J connectivity index is 2.02. The summed E-state index contributed by atoms with van der Waals surface area (Å²) in [6.45, 7) is 8.86. The van der Waals surface area contributed by atoms with Gasteiger partial charge in [0.05, 0.1) is 11.7 Å². The first-order valence-electron chi connectivity index (χ1n) is 7.73. The summed E-state index contributed by atoms with van der Waals surface area (Å²) < 4.78 is 3.14. The summed E-state index contributed by atoms with van der Waals surface area (Å²) in [6, 6.07) is 3.46. The third-order valence-electron chi connectivity index (χ3n) is 3.90. The zero-order valence-electron chi connectivity index (χ0n) is 14.6. The number of aliphatic carboxylic acids is 1. The summed E-state index contributed by atoms with van der Waals surface area (Å²) in [5.74, 6) is -0.870. The minimum absolute atomic E-state index is 0.0868. The van der Waals surface area contributed by atoms with Gasteiger partial charge in [-0.2, -0.15) is 10.2 Å². The molecule has 2 aromatic rings. The number of nitrogens with one attached hydrogen (secondary N) is 1. The van der Waals surface area contributed by atoms with E-state index in [0.717, 1.165) is 11.4 Å². The van der Waals surface area contributed by atoms with E-state index in [-0.39, 0.29) is 18.4 Å². The molecule has 0 aliphatic heterocycles. The van der Waals surface area contributed by atoms with Crippen LogP contribution in [0, 0.1) is 13.8 Å². The minimum Gasteiger partial charge on any atom is -0.479 e. The number of hydrogen-bond acceptors (Lipinski definition) is 4. The van der Waals surface area contributed by atoms with Gasteiger partial charge in [0, 0.05) is 24.4 Å². The van der Waals surface area contributed by atoms with Crippen molar-refractivity contribution in [3.8, 4) is 0 Å². The van der Waals surface area contributed by atoms with Crippen LogP contribution in [0.4, 0.5) is 5.82 Å². The lowest BCUT2D eigenvalue weighted by Gasteiger charge is -2.19. The quantitative estimate of drug-likeness (QED) is 0.843. The van der Waals surface area contributed by atoms with Gasteiger partial charge in [0.2, 0.25) is 5.91 Å². The molecule has 0 aliphatic carbocycles. The number of aromatic nitrogens is 4. The van der Waals surface area contributed by atoms with E-state index in [1.165, 1.54) is 10.9 Å². The van der Waals surface area contributed by atoms with Crippen LogP contribution < -0.4 is 5.32 Å². The van der Waals surface area contributed by atoms with Gasteiger partial charge in [0.1, 0.15) is 0 Å². The molecule has 8 nitrogen and oxygen atoms in total. The highest BCUT2D eigenvalue weighted by Gasteiger charge is 2.30. The van der Waals surface area contributed by atoms with E-state index >= 15 is 0 Å². The SMILES string of the molecule is Cc1cc(C)n(C(C)CC(=O)Nc2ccn(C(C)(C)C(=O)O)n2)n1. The molecule has 1 unspecified atom stereocenters. The Morgan fingerprint density at radius 3 is 2.54 bits per heavy atom. The van der Waals surface area contributed by atoms with Crippen LogP contribution in [0.1, 0.15) is 44.6 Å². The van der Waals surface area contributed by atoms with Crippen LogP contribution in [0.3, 0.4) is 0 Å². The summed E-state index contributed by atoms with van der Waals surface area (Å²) in [5.41, 5.74) is 0.731. The van der Waals surface area contributed by atoms with Gasteiger partial charge in [0.15, 0.2) is 11.4 Å². The number of carboxylic acids is 1. The number of amides is 1. The van der Waals surface area contributed by atoms with E-state index in [1.807, 2.05) is 31.5 Å². The van der Waals surface area contributed by atoms with Gasteiger partial charge in [0.25, 0.3) is 0 Å². The molecule has 2 aromatic heterocycles. The molecule has 8 heteroatoms. The van der Waals surface area contributed by atoms with Gasteiger partial charge in [-0.05, 0) is 40.7 Å². The molecule has 0 bridgehead atoms. The van der Waals surface area contributed by atoms with Gasteiger partial charge in [-0.1, -0.05) is 0 Å². The lowest BCUT2D eigenvalue weighted by molar-refractivity contribution is -0.146. The highest BCUT2D eigenvalue weighted by molar-refractivity contribution is 5.90. The van der Waals surface area contributed by atoms with Crippen molar-refractivity contribution in [1.29, 1.82) is 0 Å². The summed E-state index contributed by atoms with van der Waals surface area (Å²) in [6.07, 6.45) is 1.78. The molecular formula is C16H23N5O3. The smallest absolute Gasteiger partial charge is 0.331 e. The van der Waals surface area contributed by atoms with Crippen molar-refractivity contribution in [3.05, 3.63) is 29.7 Å². The third-order valence-corrected chi connectivity index (χ3v) is 3.90. The average Bonchev–Trinajstić information content (AvgIpc) is 3.05. The van der Waals surface area contributed by atoms with Crippen LogP contribution >= 0.6 is 0 Å². The van der Waals surface area contributed by atoms with Gasteiger partial charge in [-0.15, -0.1) is 0 Å². The van der Waals surface area contributed by atoms with Crippen molar-refractivity contribution in [1.82, 2.24) is 19.6 Å². The van der Waals surface area contributed by atoms with E-state index in [1.54, 1.807) is 19.9 Å². The first-order chi connectivity index (χ1) is 11.1. The van der Waals surface area contributed by atoms with Crippen molar-refractivity contribution in [2.75, 3.05) is 5.32 Å². The Hall–Kier alpha value is -2.64. The topological polar surface area (TPSA) is 102 Å². The van der Waals surface area contributed by atoms with E-state index in [0.29, 0.717) is 5.82 Å². The summed E-state index contributed by atoms with van der Waals surface area (Å²) in [4.78, 5) is 23.4. The highest BCUT2D eigenvalue weighted by atomic mass is 16.4. The van der Waals surface area contributed by atoms with E-state index in [2.05, 4.69) is 15.5 Å². The summed E-state index contributed by atoms with van der Waals surface area (Å²) in [5, 5.41) is 20.4. The van der Waals surface area contributed by atoms with Gasteiger partial charge < -0.3 is 10.4 Å². The molecule has 2 N–H and O–H groups in total. The second-order valence-electron chi connectivity index (χ2n) is 6.48. The Morgan fingerprint density at radius 1 is 1.33 bits per heavy atom. The predicted molar refractivity (Wildman–Crippen MR) is 88.8 cm³/mol. The van der Waals surface area contributed by atoms with Crippen molar-refractivity contribution in [3.63, 3.8) is 0 Å². The van der Waals surface area contributed by atoms with Crippen molar-refractivity contribution in [2.24, 2.45) is 0 Å². The van der Waals surface area contributed by atoms with Gasteiger partial charge in [-0.25, -0.2) is 4.79 Å². The molecule has 24 heavy (non-hydrogen) atoms. The van der Waals surface area contributed by atoms with Crippen molar-refractivity contribution in [2.45, 2.75) is 52.6 Å². The molecule has 0 saturated heterocycles. The lowest BCUT2D eigenvalue weighted by Crippen LogP contribution is -2.36. The van der Waals surface area contributed by atoms with Crippen molar-refractivity contribution >= 4 is 17.7 Å². The molecule has 2 heterocycles. The fraction of sp³-hybridized carbons (Fsp3) is 0.500. The molecule has 2 rings (SSSR count). The molecule has 1 atom stereocenters. The first-order valence-corrected chi connectivity index (χ1v) is 7.73. The van der Waals surface area contributed by atoms with Crippen LogP contribution in [-0.2, 0) is 15.1 Å². The van der Waals surface area contributed by atoms with Crippen LogP contribution in [0.2, 0.25) is 0 Å². The summed E-state index contributed by atoms with van der Waals surface area (Å²) in [7, 11) is 0. The number of carboxylic acid groups (broad SMARTS) is 1. The number of carbonyl (C=O) groups excluding carboxylic acids is 1. The van der Waals surface area contributed by atoms with E-state index in [9.17, 15) is 14.7 Å². The molecule has 0 saturated carbocycles. The number of hydrogen-bond donors (Lipinski definition) is 2. The molecule has 0 radical (unpaired) electrons.